The minimum Gasteiger partial charge on any atom is -0.356 e. The molecule has 11 heteroatoms. The number of nitriles is 1. The van der Waals surface area contributed by atoms with Crippen molar-refractivity contribution < 1.29 is 18.0 Å². The van der Waals surface area contributed by atoms with E-state index in [0.717, 1.165) is 24.9 Å². The largest absolute Gasteiger partial charge is 0.451 e. The van der Waals surface area contributed by atoms with Crippen LogP contribution in [0.4, 0.5) is 24.8 Å². The first-order valence-electron chi connectivity index (χ1n) is 12.5. The molecule has 1 aromatic heterocycles. The van der Waals surface area contributed by atoms with Crippen LogP contribution in [0.15, 0.2) is 30.3 Å². The highest BCUT2D eigenvalue weighted by molar-refractivity contribution is 5.86. The molecule has 37 heavy (non-hydrogen) atoms. The van der Waals surface area contributed by atoms with Crippen molar-refractivity contribution in [3.8, 4) is 6.07 Å². The van der Waals surface area contributed by atoms with Crippen molar-refractivity contribution in [2.24, 2.45) is 5.92 Å². The van der Waals surface area contributed by atoms with E-state index < -0.39 is 18.0 Å². The van der Waals surface area contributed by atoms with Gasteiger partial charge in [0, 0.05) is 38.8 Å². The molecule has 1 amide bonds. The van der Waals surface area contributed by atoms with Crippen LogP contribution in [0.3, 0.4) is 0 Å². The Morgan fingerprint density at radius 2 is 1.78 bits per heavy atom. The molecule has 2 aromatic rings. The van der Waals surface area contributed by atoms with Crippen LogP contribution in [0.25, 0.3) is 0 Å². The molecule has 2 saturated heterocycles. The van der Waals surface area contributed by atoms with Crippen LogP contribution in [0, 0.1) is 17.2 Å². The van der Waals surface area contributed by atoms with E-state index in [1.807, 2.05) is 31.1 Å². The van der Waals surface area contributed by atoms with E-state index in [-0.39, 0.29) is 17.5 Å². The summed E-state index contributed by atoms with van der Waals surface area (Å²) in [6.45, 7) is 3.05. The standard InChI is InChI=1S/C26H32F3N7O/c1-34(2)17-20-8-12-35(13-9-20)22-15-23(33-25(32-22)26(27,28)29)36-14-10-21(36)24(37)31-11-7-18-3-5-19(16-30)6-4-18/h3-6,15,20-21H,7-14,17H2,1-2H3,(H,31,37). The Morgan fingerprint density at radius 1 is 1.11 bits per heavy atom. The molecule has 2 fully saturated rings. The summed E-state index contributed by atoms with van der Waals surface area (Å²) in [4.78, 5) is 26.1. The van der Waals surface area contributed by atoms with E-state index in [9.17, 15) is 18.0 Å². The Labute approximate surface area is 215 Å². The SMILES string of the molecule is CN(C)CC1CCN(c2cc(N3CCC3C(=O)NCCc3ccc(C#N)cc3)nc(C(F)(F)F)n2)CC1. The van der Waals surface area contributed by atoms with Crippen molar-refractivity contribution in [3.63, 3.8) is 0 Å². The number of carbonyl (C=O) groups excluding carboxylic acids is 1. The topological polar surface area (TPSA) is 88.4 Å². The molecule has 1 atom stereocenters. The number of piperidine rings is 1. The zero-order valence-corrected chi connectivity index (χ0v) is 21.1. The Bertz CT molecular complexity index is 1120. The van der Waals surface area contributed by atoms with E-state index in [4.69, 9.17) is 5.26 Å². The molecular formula is C26H32F3N7O. The average Bonchev–Trinajstić information content (AvgIpc) is 2.83. The third-order valence-electron chi connectivity index (χ3n) is 6.93. The summed E-state index contributed by atoms with van der Waals surface area (Å²) < 4.78 is 41.0. The van der Waals surface area contributed by atoms with Gasteiger partial charge in [0.2, 0.25) is 11.7 Å². The first kappa shape index (κ1) is 26.7. The maximum absolute atomic E-state index is 13.7. The first-order valence-corrected chi connectivity index (χ1v) is 12.5. The predicted molar refractivity (Wildman–Crippen MR) is 134 cm³/mol. The van der Waals surface area contributed by atoms with Crippen molar-refractivity contribution in [2.45, 2.75) is 37.9 Å². The highest BCUT2D eigenvalue weighted by atomic mass is 19.4. The molecule has 1 aromatic carbocycles. The molecule has 198 valence electrons. The lowest BCUT2D eigenvalue weighted by Gasteiger charge is -2.41. The molecule has 3 heterocycles. The van der Waals surface area contributed by atoms with Crippen molar-refractivity contribution in [1.82, 2.24) is 20.2 Å². The lowest BCUT2D eigenvalue weighted by atomic mass is 9.96. The number of hydrogen-bond donors (Lipinski definition) is 1. The third-order valence-corrected chi connectivity index (χ3v) is 6.93. The molecule has 0 aliphatic carbocycles. The fourth-order valence-electron chi connectivity index (χ4n) is 4.85. The zero-order valence-electron chi connectivity index (χ0n) is 21.1. The van der Waals surface area contributed by atoms with Gasteiger partial charge in [-0.25, -0.2) is 9.97 Å². The molecular weight excluding hydrogens is 483 g/mol. The van der Waals surface area contributed by atoms with Gasteiger partial charge >= 0.3 is 6.18 Å². The van der Waals surface area contributed by atoms with Gasteiger partial charge in [-0.2, -0.15) is 18.4 Å². The number of alkyl halides is 3. The Hall–Kier alpha value is -3.39. The summed E-state index contributed by atoms with van der Waals surface area (Å²) in [5.41, 5.74) is 1.55. The minimum atomic E-state index is -4.68. The smallest absolute Gasteiger partial charge is 0.356 e. The Kier molecular flexibility index (Phi) is 8.17. The zero-order chi connectivity index (χ0) is 26.6. The normalized spacial score (nSPS) is 18.5. The maximum Gasteiger partial charge on any atom is 0.451 e. The summed E-state index contributed by atoms with van der Waals surface area (Å²) in [5.74, 6) is -0.526. The number of halogens is 3. The van der Waals surface area contributed by atoms with Crippen LogP contribution in [-0.2, 0) is 17.4 Å². The van der Waals surface area contributed by atoms with Gasteiger partial charge in [-0.15, -0.1) is 0 Å². The fourth-order valence-corrected chi connectivity index (χ4v) is 4.85. The van der Waals surface area contributed by atoms with Crippen LogP contribution in [0.2, 0.25) is 0 Å². The molecule has 1 unspecified atom stereocenters. The second-order valence-corrected chi connectivity index (χ2v) is 9.95. The van der Waals surface area contributed by atoms with E-state index in [1.165, 1.54) is 0 Å². The number of benzene rings is 1. The van der Waals surface area contributed by atoms with Gasteiger partial charge < -0.3 is 20.0 Å². The number of hydrogen-bond acceptors (Lipinski definition) is 7. The molecule has 2 aliphatic heterocycles. The summed E-state index contributed by atoms with van der Waals surface area (Å²) in [5, 5.41) is 11.8. The maximum atomic E-state index is 13.7. The Balaban J connectivity index is 1.42. The Morgan fingerprint density at radius 3 is 2.35 bits per heavy atom. The monoisotopic (exact) mass is 515 g/mol. The third kappa shape index (κ3) is 6.68. The van der Waals surface area contributed by atoms with E-state index in [1.54, 1.807) is 23.1 Å². The van der Waals surface area contributed by atoms with Crippen molar-refractivity contribution in [2.75, 3.05) is 56.6 Å². The molecule has 0 saturated carbocycles. The average molecular weight is 516 g/mol. The van der Waals surface area contributed by atoms with Crippen molar-refractivity contribution in [1.29, 1.82) is 5.26 Å². The van der Waals surface area contributed by atoms with Crippen LogP contribution in [-0.4, -0.2) is 73.6 Å². The fraction of sp³-hybridized carbons (Fsp3) is 0.538. The summed E-state index contributed by atoms with van der Waals surface area (Å²) >= 11 is 0. The first-order chi connectivity index (χ1) is 17.6. The second kappa shape index (κ2) is 11.3. The number of carbonyl (C=O) groups is 1. The highest BCUT2D eigenvalue weighted by Gasteiger charge is 2.40. The van der Waals surface area contributed by atoms with Gasteiger partial charge in [0.1, 0.15) is 17.7 Å². The highest BCUT2D eigenvalue weighted by Crippen LogP contribution is 2.34. The lowest BCUT2D eigenvalue weighted by molar-refractivity contribution is -0.144. The number of nitrogens with zero attached hydrogens (tertiary/aromatic N) is 6. The molecule has 0 spiro atoms. The predicted octanol–water partition coefficient (Wildman–Crippen LogP) is 3.08. The van der Waals surface area contributed by atoms with Gasteiger partial charge in [0.25, 0.3) is 0 Å². The van der Waals surface area contributed by atoms with Gasteiger partial charge in [0.15, 0.2) is 0 Å². The number of rotatable bonds is 8. The number of amides is 1. The van der Waals surface area contributed by atoms with E-state index >= 15 is 0 Å². The molecule has 1 N–H and O–H groups in total. The molecule has 0 bridgehead atoms. The number of nitrogens with one attached hydrogen (secondary N) is 1. The van der Waals surface area contributed by atoms with Crippen LogP contribution < -0.4 is 15.1 Å². The summed E-state index contributed by atoms with van der Waals surface area (Å²) in [6.07, 6.45) is -1.79. The lowest BCUT2D eigenvalue weighted by Crippen LogP contribution is -2.57. The van der Waals surface area contributed by atoms with Crippen molar-refractivity contribution in [3.05, 3.63) is 47.3 Å². The van der Waals surface area contributed by atoms with Crippen LogP contribution in [0.5, 0.6) is 0 Å². The van der Waals surface area contributed by atoms with Gasteiger partial charge in [-0.1, -0.05) is 12.1 Å². The molecule has 0 radical (unpaired) electrons. The molecule has 4 rings (SSSR count). The molecule has 2 aliphatic rings. The summed E-state index contributed by atoms with van der Waals surface area (Å²) in [7, 11) is 4.04. The summed E-state index contributed by atoms with van der Waals surface area (Å²) in [6, 6.07) is 10.2. The second-order valence-electron chi connectivity index (χ2n) is 9.95. The van der Waals surface area contributed by atoms with Crippen LogP contribution >= 0.6 is 0 Å². The van der Waals surface area contributed by atoms with Gasteiger partial charge in [0.05, 0.1) is 11.6 Å². The van der Waals surface area contributed by atoms with Gasteiger partial charge in [-0.3, -0.25) is 4.79 Å². The van der Waals surface area contributed by atoms with Crippen LogP contribution in [0.1, 0.15) is 36.2 Å². The molecule has 8 nitrogen and oxygen atoms in total. The quantitative estimate of drug-likeness (QED) is 0.578. The number of anilines is 2. The number of aromatic nitrogens is 2. The minimum absolute atomic E-state index is 0.131. The van der Waals surface area contributed by atoms with E-state index in [0.29, 0.717) is 50.5 Å². The van der Waals surface area contributed by atoms with Gasteiger partial charge in [-0.05, 0) is 63.4 Å². The van der Waals surface area contributed by atoms with E-state index in [2.05, 4.69) is 26.3 Å². The van der Waals surface area contributed by atoms with Crippen molar-refractivity contribution >= 4 is 17.5 Å².